The molecule has 2 atom stereocenters. The van der Waals surface area contributed by atoms with Gasteiger partial charge in [0.25, 0.3) is 0 Å². The second-order valence-electron chi connectivity index (χ2n) is 4.38. The van der Waals surface area contributed by atoms with Crippen LogP contribution in [0.5, 0.6) is 0 Å². The van der Waals surface area contributed by atoms with E-state index in [2.05, 4.69) is 11.7 Å². The Morgan fingerprint density at radius 2 is 1.71 bits per heavy atom. The highest BCUT2D eigenvalue weighted by Gasteiger charge is 2.19. The molecule has 2 nitrogen and oxygen atoms in total. The molecule has 0 saturated heterocycles. The topological polar surface area (TPSA) is 26.3 Å². The number of halogens is 2. The van der Waals surface area contributed by atoms with E-state index in [0.717, 1.165) is 12.8 Å². The number of carbonyl (C=O) groups excluding carboxylic acids is 1. The minimum Gasteiger partial charge on any atom is -0.468 e. The maximum atomic E-state index is 11.1. The zero-order valence-electron chi connectivity index (χ0n) is 10.9. The maximum Gasteiger partial charge on any atom is 0.323 e. The number of esters is 1. The number of methoxy groups -OCH3 is 1. The largest absolute Gasteiger partial charge is 0.468 e. The van der Waals surface area contributed by atoms with Crippen LogP contribution < -0.4 is 0 Å². The summed E-state index contributed by atoms with van der Waals surface area (Å²) in [5.74, 6) is -0.389. The van der Waals surface area contributed by atoms with E-state index in [4.69, 9.17) is 23.2 Å². The van der Waals surface area contributed by atoms with Crippen molar-refractivity contribution in [3.63, 3.8) is 0 Å². The van der Waals surface area contributed by atoms with E-state index in [0.29, 0.717) is 6.42 Å². The SMILES string of the molecule is CCCCCCCCC(Cl)CC(Cl)C(=O)OC. The van der Waals surface area contributed by atoms with Gasteiger partial charge in [-0.25, -0.2) is 0 Å². The molecule has 2 unspecified atom stereocenters. The normalized spacial score (nSPS) is 14.4. The van der Waals surface area contributed by atoms with E-state index in [1.807, 2.05) is 0 Å². The first-order valence-electron chi connectivity index (χ1n) is 6.47. The summed E-state index contributed by atoms with van der Waals surface area (Å²) < 4.78 is 4.55. The molecule has 0 aliphatic rings. The Kier molecular flexibility index (Phi) is 11.2. The Morgan fingerprint density at radius 1 is 1.12 bits per heavy atom. The summed E-state index contributed by atoms with van der Waals surface area (Å²) in [6.07, 6.45) is 8.92. The molecule has 4 heteroatoms. The van der Waals surface area contributed by atoms with Crippen LogP contribution in [0.1, 0.15) is 58.3 Å². The van der Waals surface area contributed by atoms with Crippen LogP contribution in [-0.4, -0.2) is 23.8 Å². The molecule has 0 amide bonds. The van der Waals surface area contributed by atoms with Gasteiger partial charge in [-0.1, -0.05) is 45.4 Å². The predicted molar refractivity (Wildman–Crippen MR) is 73.9 cm³/mol. The zero-order valence-corrected chi connectivity index (χ0v) is 12.4. The molecule has 0 N–H and O–H groups in total. The molecule has 17 heavy (non-hydrogen) atoms. The smallest absolute Gasteiger partial charge is 0.323 e. The molecule has 0 aromatic rings. The summed E-state index contributed by atoms with van der Waals surface area (Å²) >= 11 is 12.0. The van der Waals surface area contributed by atoms with E-state index < -0.39 is 5.38 Å². The number of hydrogen-bond acceptors (Lipinski definition) is 2. The molecule has 0 rings (SSSR count). The van der Waals surface area contributed by atoms with E-state index in [9.17, 15) is 4.79 Å². The van der Waals surface area contributed by atoms with Crippen LogP contribution in [0.3, 0.4) is 0 Å². The third-order valence-electron chi connectivity index (χ3n) is 2.79. The van der Waals surface area contributed by atoms with Gasteiger partial charge in [-0.3, -0.25) is 4.79 Å². The third-order valence-corrected chi connectivity index (χ3v) is 3.54. The number of ether oxygens (including phenoxy) is 1. The maximum absolute atomic E-state index is 11.1. The molecule has 102 valence electrons. The monoisotopic (exact) mass is 282 g/mol. The lowest BCUT2D eigenvalue weighted by Crippen LogP contribution is -2.20. The lowest BCUT2D eigenvalue weighted by atomic mass is 10.1. The summed E-state index contributed by atoms with van der Waals surface area (Å²) in [6.45, 7) is 2.21. The summed E-state index contributed by atoms with van der Waals surface area (Å²) in [4.78, 5) is 11.1. The average Bonchev–Trinajstić information content (AvgIpc) is 2.32. The predicted octanol–water partition coefficient (Wildman–Crippen LogP) is 4.51. The molecule has 0 heterocycles. The lowest BCUT2D eigenvalue weighted by Gasteiger charge is -2.12. The van der Waals surface area contributed by atoms with Crippen molar-refractivity contribution in [3.05, 3.63) is 0 Å². The second-order valence-corrected chi connectivity index (χ2v) is 5.52. The van der Waals surface area contributed by atoms with Gasteiger partial charge >= 0.3 is 5.97 Å². The van der Waals surface area contributed by atoms with Gasteiger partial charge in [0.1, 0.15) is 5.38 Å². The molecular weight excluding hydrogens is 259 g/mol. The van der Waals surface area contributed by atoms with Crippen molar-refractivity contribution in [2.24, 2.45) is 0 Å². The van der Waals surface area contributed by atoms with Crippen LogP contribution in [0.4, 0.5) is 0 Å². The highest BCUT2D eigenvalue weighted by atomic mass is 35.5. The summed E-state index contributed by atoms with van der Waals surface area (Å²) in [5.41, 5.74) is 0. The fraction of sp³-hybridized carbons (Fsp3) is 0.923. The lowest BCUT2D eigenvalue weighted by molar-refractivity contribution is -0.140. The van der Waals surface area contributed by atoms with Crippen LogP contribution in [0.25, 0.3) is 0 Å². The van der Waals surface area contributed by atoms with Crippen LogP contribution in [0, 0.1) is 0 Å². The minimum atomic E-state index is -0.609. The second kappa shape index (κ2) is 11.2. The Labute approximate surface area is 115 Å². The van der Waals surface area contributed by atoms with Crippen molar-refractivity contribution in [2.45, 2.75) is 69.0 Å². The fourth-order valence-corrected chi connectivity index (χ4v) is 2.44. The summed E-state index contributed by atoms with van der Waals surface area (Å²) in [7, 11) is 1.34. The number of unbranched alkanes of at least 4 members (excludes halogenated alkanes) is 5. The van der Waals surface area contributed by atoms with Gasteiger partial charge in [0, 0.05) is 5.38 Å². The van der Waals surface area contributed by atoms with Crippen molar-refractivity contribution in [1.29, 1.82) is 0 Å². The van der Waals surface area contributed by atoms with Crippen LogP contribution in [0.15, 0.2) is 0 Å². The number of hydrogen-bond donors (Lipinski definition) is 0. The molecule has 0 bridgehead atoms. The molecular formula is C13H24Cl2O2. The van der Waals surface area contributed by atoms with Crippen molar-refractivity contribution in [2.75, 3.05) is 7.11 Å². The zero-order chi connectivity index (χ0) is 13.1. The Balaban J connectivity index is 3.46. The van der Waals surface area contributed by atoms with Crippen molar-refractivity contribution >= 4 is 29.2 Å². The number of rotatable bonds is 10. The molecule has 0 aliphatic carbocycles. The number of alkyl halides is 2. The van der Waals surface area contributed by atoms with Gasteiger partial charge in [-0.2, -0.15) is 0 Å². The average molecular weight is 283 g/mol. The van der Waals surface area contributed by atoms with Crippen molar-refractivity contribution < 1.29 is 9.53 Å². The van der Waals surface area contributed by atoms with Crippen LogP contribution in [0.2, 0.25) is 0 Å². The standard InChI is InChI=1S/C13H24Cl2O2/c1-3-4-5-6-7-8-9-11(14)10-12(15)13(16)17-2/h11-12H,3-10H2,1-2H3. The Hall–Kier alpha value is 0.0500. The van der Waals surface area contributed by atoms with Crippen LogP contribution >= 0.6 is 23.2 Å². The Bertz CT molecular complexity index is 198. The number of carbonyl (C=O) groups is 1. The molecule has 0 saturated carbocycles. The molecule has 0 fully saturated rings. The van der Waals surface area contributed by atoms with Gasteiger partial charge in [0.15, 0.2) is 0 Å². The van der Waals surface area contributed by atoms with E-state index in [1.165, 1.54) is 39.2 Å². The first kappa shape index (κ1) is 17.1. The van der Waals surface area contributed by atoms with Gasteiger partial charge in [-0.15, -0.1) is 23.2 Å². The molecule has 0 radical (unpaired) electrons. The van der Waals surface area contributed by atoms with E-state index >= 15 is 0 Å². The highest BCUT2D eigenvalue weighted by molar-refractivity contribution is 6.30. The van der Waals surface area contributed by atoms with Gasteiger partial charge in [0.2, 0.25) is 0 Å². The van der Waals surface area contributed by atoms with E-state index in [1.54, 1.807) is 0 Å². The van der Waals surface area contributed by atoms with E-state index in [-0.39, 0.29) is 11.3 Å². The van der Waals surface area contributed by atoms with Gasteiger partial charge in [-0.05, 0) is 12.8 Å². The first-order chi connectivity index (χ1) is 8.11. The Morgan fingerprint density at radius 3 is 2.29 bits per heavy atom. The molecule has 0 aromatic carbocycles. The quantitative estimate of drug-likeness (QED) is 0.335. The van der Waals surface area contributed by atoms with Crippen molar-refractivity contribution in [3.8, 4) is 0 Å². The molecule has 0 aromatic heterocycles. The summed E-state index contributed by atoms with van der Waals surface area (Å²) in [6, 6.07) is 0. The van der Waals surface area contributed by atoms with Crippen molar-refractivity contribution in [1.82, 2.24) is 0 Å². The highest BCUT2D eigenvalue weighted by Crippen LogP contribution is 2.18. The third kappa shape index (κ3) is 9.72. The molecule has 0 aliphatic heterocycles. The van der Waals surface area contributed by atoms with Gasteiger partial charge in [0.05, 0.1) is 7.11 Å². The fourth-order valence-electron chi connectivity index (χ4n) is 1.71. The summed E-state index contributed by atoms with van der Waals surface area (Å²) in [5, 5.41) is -0.634. The van der Waals surface area contributed by atoms with Gasteiger partial charge < -0.3 is 4.74 Å². The minimum absolute atomic E-state index is 0.0252. The first-order valence-corrected chi connectivity index (χ1v) is 7.35. The molecule has 0 spiro atoms. The van der Waals surface area contributed by atoms with Crippen LogP contribution in [-0.2, 0) is 9.53 Å².